The van der Waals surface area contributed by atoms with E-state index in [1.807, 2.05) is 28.9 Å². The molecule has 0 amide bonds. The number of nitrogens with zero attached hydrogens (tertiary/aromatic N) is 3. The van der Waals surface area contributed by atoms with Crippen molar-refractivity contribution in [3.05, 3.63) is 41.2 Å². The van der Waals surface area contributed by atoms with Crippen LogP contribution in [0.1, 0.15) is 37.7 Å². The summed E-state index contributed by atoms with van der Waals surface area (Å²) in [6, 6.07) is 8.11. The predicted octanol–water partition coefficient (Wildman–Crippen LogP) is 2.69. The average Bonchev–Trinajstić information content (AvgIpc) is 3.07. The molecule has 0 aliphatic carbocycles. The number of hydrogen-bond donors (Lipinski definition) is 2. The largest absolute Gasteiger partial charge is 0.322 e. The van der Waals surface area contributed by atoms with Crippen molar-refractivity contribution >= 4 is 11.0 Å². The van der Waals surface area contributed by atoms with E-state index in [2.05, 4.69) is 31.1 Å². The first kappa shape index (κ1) is 13.5. The van der Waals surface area contributed by atoms with Crippen LogP contribution in [-0.2, 0) is 18.4 Å². The smallest absolute Gasteiger partial charge is 0.229 e. The molecule has 0 bridgehead atoms. The second-order valence-electron chi connectivity index (χ2n) is 6.94. The lowest BCUT2D eigenvalue weighted by molar-refractivity contribution is 0.548. The molecule has 0 unspecified atom stereocenters. The zero-order valence-corrected chi connectivity index (χ0v) is 13.3. The average molecular weight is 295 g/mol. The van der Waals surface area contributed by atoms with Gasteiger partial charge >= 0.3 is 0 Å². The molecule has 22 heavy (non-hydrogen) atoms. The second-order valence-corrected chi connectivity index (χ2v) is 6.94. The predicted molar refractivity (Wildman–Crippen MR) is 87.3 cm³/mol. The minimum absolute atomic E-state index is 0.0281. The number of benzene rings is 1. The maximum Gasteiger partial charge on any atom is 0.229 e. The first-order valence-corrected chi connectivity index (χ1v) is 7.81. The molecule has 3 aromatic rings. The summed E-state index contributed by atoms with van der Waals surface area (Å²) >= 11 is 0. The van der Waals surface area contributed by atoms with Crippen molar-refractivity contribution in [2.45, 2.75) is 39.2 Å². The molecule has 1 aliphatic heterocycles. The van der Waals surface area contributed by atoms with Crippen LogP contribution in [-0.4, -0.2) is 26.3 Å². The zero-order valence-electron chi connectivity index (χ0n) is 13.3. The first-order chi connectivity index (χ1) is 10.5. The highest BCUT2D eigenvalue weighted by molar-refractivity contribution is 5.76. The highest BCUT2D eigenvalue weighted by Gasteiger charge is 2.29. The number of aromatic nitrogens is 4. The Morgan fingerprint density at radius 3 is 2.77 bits per heavy atom. The van der Waals surface area contributed by atoms with Gasteiger partial charge in [-0.05, 0) is 12.1 Å². The standard InChI is InChI=1S/C17H21N5/c1-17(2,3)15-11-10-18-9-8-14(11)22(21-15)16-19-12-6-4-5-7-13(12)20-16/h4-7,18H,8-10H2,1-3H3,(H,19,20). The Balaban J connectivity index is 1.93. The molecule has 1 aliphatic rings. The topological polar surface area (TPSA) is 58.5 Å². The van der Waals surface area contributed by atoms with Crippen LogP contribution < -0.4 is 5.32 Å². The molecule has 2 aromatic heterocycles. The molecule has 0 fully saturated rings. The third-order valence-electron chi connectivity index (χ3n) is 4.22. The van der Waals surface area contributed by atoms with E-state index in [0.29, 0.717) is 0 Å². The lowest BCUT2D eigenvalue weighted by atomic mass is 9.88. The summed E-state index contributed by atoms with van der Waals surface area (Å²) in [5.41, 5.74) is 5.83. The van der Waals surface area contributed by atoms with Crippen LogP contribution in [0.4, 0.5) is 0 Å². The van der Waals surface area contributed by atoms with E-state index in [1.165, 1.54) is 11.3 Å². The van der Waals surface area contributed by atoms with E-state index < -0.39 is 0 Å². The molecule has 5 nitrogen and oxygen atoms in total. The van der Waals surface area contributed by atoms with E-state index in [1.54, 1.807) is 0 Å². The van der Waals surface area contributed by atoms with Crippen molar-refractivity contribution in [1.29, 1.82) is 0 Å². The summed E-state index contributed by atoms with van der Waals surface area (Å²) in [4.78, 5) is 8.11. The molecule has 1 aromatic carbocycles. The molecule has 2 N–H and O–H groups in total. The van der Waals surface area contributed by atoms with E-state index >= 15 is 0 Å². The molecule has 0 radical (unpaired) electrons. The molecule has 0 spiro atoms. The fourth-order valence-corrected chi connectivity index (χ4v) is 3.17. The van der Waals surface area contributed by atoms with E-state index in [4.69, 9.17) is 10.1 Å². The van der Waals surface area contributed by atoms with Gasteiger partial charge in [0.25, 0.3) is 0 Å². The van der Waals surface area contributed by atoms with Gasteiger partial charge in [0.15, 0.2) is 0 Å². The maximum atomic E-state index is 4.91. The SMILES string of the molecule is CC(C)(C)c1nn(-c2nc3ccccc3[nH]2)c2c1CNCC2. The van der Waals surface area contributed by atoms with Gasteiger partial charge in [-0.15, -0.1) is 0 Å². The second kappa shape index (κ2) is 4.68. The molecular formula is C17H21N5. The Bertz CT molecular complexity index is 801. The normalized spacial score (nSPS) is 15.2. The summed E-state index contributed by atoms with van der Waals surface area (Å²) in [5.74, 6) is 0.815. The minimum Gasteiger partial charge on any atom is -0.322 e. The molecule has 0 saturated heterocycles. The number of H-pyrrole nitrogens is 1. The van der Waals surface area contributed by atoms with E-state index in [-0.39, 0.29) is 5.41 Å². The number of nitrogens with one attached hydrogen (secondary N) is 2. The van der Waals surface area contributed by atoms with E-state index in [9.17, 15) is 0 Å². The van der Waals surface area contributed by atoms with Crippen LogP contribution in [0.25, 0.3) is 17.0 Å². The zero-order chi connectivity index (χ0) is 15.3. The van der Waals surface area contributed by atoms with Gasteiger partial charge in [-0.3, -0.25) is 0 Å². The fraction of sp³-hybridized carbons (Fsp3) is 0.412. The summed E-state index contributed by atoms with van der Waals surface area (Å²) in [7, 11) is 0. The quantitative estimate of drug-likeness (QED) is 0.725. The van der Waals surface area contributed by atoms with Crippen molar-refractivity contribution in [2.75, 3.05) is 6.54 Å². The molecule has 0 saturated carbocycles. The third kappa shape index (κ3) is 2.04. The highest BCUT2D eigenvalue weighted by atomic mass is 15.4. The van der Waals surface area contributed by atoms with Crippen molar-refractivity contribution in [3.63, 3.8) is 0 Å². The minimum atomic E-state index is 0.0281. The number of hydrogen-bond acceptors (Lipinski definition) is 3. The van der Waals surface area contributed by atoms with Gasteiger partial charge in [-0.25, -0.2) is 9.67 Å². The molecule has 0 atom stereocenters. The summed E-state index contributed by atoms with van der Waals surface area (Å²) in [5, 5.41) is 8.37. The maximum absolute atomic E-state index is 4.91. The van der Waals surface area contributed by atoms with Crippen LogP contribution in [0.15, 0.2) is 24.3 Å². The number of para-hydroxylation sites is 2. The van der Waals surface area contributed by atoms with Crippen LogP contribution in [0.2, 0.25) is 0 Å². The van der Waals surface area contributed by atoms with Crippen molar-refractivity contribution in [2.24, 2.45) is 0 Å². The van der Waals surface area contributed by atoms with Crippen LogP contribution >= 0.6 is 0 Å². The summed E-state index contributed by atoms with van der Waals surface area (Å²) in [6.07, 6.45) is 0.982. The molecule has 114 valence electrons. The Morgan fingerprint density at radius 1 is 1.18 bits per heavy atom. The fourth-order valence-electron chi connectivity index (χ4n) is 3.17. The van der Waals surface area contributed by atoms with Gasteiger partial charge in [0, 0.05) is 30.5 Å². The Kier molecular flexibility index (Phi) is 2.87. The first-order valence-electron chi connectivity index (χ1n) is 7.81. The molecule has 5 heteroatoms. The van der Waals surface area contributed by atoms with E-state index in [0.717, 1.165) is 42.2 Å². The molecular weight excluding hydrogens is 274 g/mol. The Hall–Kier alpha value is -2.14. The van der Waals surface area contributed by atoms with Crippen molar-refractivity contribution < 1.29 is 0 Å². The van der Waals surface area contributed by atoms with Gasteiger partial charge in [0.05, 0.1) is 22.4 Å². The lowest BCUT2D eigenvalue weighted by Gasteiger charge is -2.20. The summed E-state index contributed by atoms with van der Waals surface area (Å²) in [6.45, 7) is 8.53. The van der Waals surface area contributed by atoms with Gasteiger partial charge in [0.2, 0.25) is 5.95 Å². The lowest BCUT2D eigenvalue weighted by Crippen LogP contribution is -2.26. The van der Waals surface area contributed by atoms with Crippen LogP contribution in [0, 0.1) is 0 Å². The number of imidazole rings is 1. The molecule has 4 rings (SSSR count). The Labute approximate surface area is 129 Å². The number of rotatable bonds is 1. The van der Waals surface area contributed by atoms with Crippen LogP contribution in [0.5, 0.6) is 0 Å². The van der Waals surface area contributed by atoms with Gasteiger partial charge < -0.3 is 10.3 Å². The van der Waals surface area contributed by atoms with Crippen LogP contribution in [0.3, 0.4) is 0 Å². The Morgan fingerprint density at radius 2 is 2.00 bits per heavy atom. The number of aromatic amines is 1. The monoisotopic (exact) mass is 295 g/mol. The molecule has 3 heterocycles. The highest BCUT2D eigenvalue weighted by Crippen LogP contribution is 2.30. The van der Waals surface area contributed by atoms with Crippen molar-refractivity contribution in [3.8, 4) is 5.95 Å². The van der Waals surface area contributed by atoms with Gasteiger partial charge in [-0.2, -0.15) is 5.10 Å². The third-order valence-corrected chi connectivity index (χ3v) is 4.22. The van der Waals surface area contributed by atoms with Crippen molar-refractivity contribution in [1.82, 2.24) is 25.1 Å². The van der Waals surface area contributed by atoms with Gasteiger partial charge in [-0.1, -0.05) is 32.9 Å². The number of fused-ring (bicyclic) bond motifs is 2. The summed E-state index contributed by atoms with van der Waals surface area (Å²) < 4.78 is 2.01. The van der Waals surface area contributed by atoms with Gasteiger partial charge in [0.1, 0.15) is 0 Å².